The molecule has 3 nitrogen and oxygen atoms in total. The molecule has 0 bridgehead atoms. The SMILES string of the molecule is CCC1c2cc(/C=C/C(=O)O)ccc2N(c2ccccc2)C1CC. The Morgan fingerprint density at radius 1 is 1.12 bits per heavy atom. The zero-order valence-electron chi connectivity index (χ0n) is 14.1. The first-order valence-electron chi connectivity index (χ1n) is 8.55. The van der Waals surface area contributed by atoms with Crippen LogP contribution in [-0.2, 0) is 4.79 Å². The van der Waals surface area contributed by atoms with Crippen LogP contribution in [0.15, 0.2) is 54.6 Å². The number of nitrogens with zero attached hydrogens (tertiary/aromatic N) is 1. The lowest BCUT2D eigenvalue weighted by Gasteiger charge is -2.29. The molecule has 0 aromatic heterocycles. The number of rotatable bonds is 5. The molecule has 0 saturated carbocycles. The van der Waals surface area contributed by atoms with Gasteiger partial charge in [0.25, 0.3) is 0 Å². The normalized spacial score (nSPS) is 19.7. The van der Waals surface area contributed by atoms with Crippen LogP contribution in [0.3, 0.4) is 0 Å². The van der Waals surface area contributed by atoms with Crippen molar-refractivity contribution in [1.29, 1.82) is 0 Å². The van der Waals surface area contributed by atoms with Crippen LogP contribution in [0.25, 0.3) is 6.08 Å². The van der Waals surface area contributed by atoms with Crippen molar-refractivity contribution in [2.45, 2.75) is 38.6 Å². The second-order valence-corrected chi connectivity index (χ2v) is 6.19. The maximum absolute atomic E-state index is 10.8. The van der Waals surface area contributed by atoms with Crippen molar-refractivity contribution < 1.29 is 9.90 Å². The van der Waals surface area contributed by atoms with Gasteiger partial charge in [-0.15, -0.1) is 0 Å². The number of anilines is 2. The van der Waals surface area contributed by atoms with E-state index in [1.807, 2.05) is 12.1 Å². The van der Waals surface area contributed by atoms with Gasteiger partial charge in [0.05, 0.1) is 0 Å². The first-order valence-corrected chi connectivity index (χ1v) is 8.55. The molecule has 2 aromatic rings. The zero-order chi connectivity index (χ0) is 17.1. The van der Waals surface area contributed by atoms with Crippen LogP contribution in [0.4, 0.5) is 11.4 Å². The van der Waals surface area contributed by atoms with Gasteiger partial charge in [0.15, 0.2) is 0 Å². The van der Waals surface area contributed by atoms with E-state index in [0.717, 1.165) is 18.4 Å². The number of carbonyl (C=O) groups is 1. The number of aliphatic carboxylic acids is 1. The average molecular weight is 321 g/mol. The van der Waals surface area contributed by atoms with Crippen LogP contribution >= 0.6 is 0 Å². The second-order valence-electron chi connectivity index (χ2n) is 6.19. The molecule has 0 aliphatic carbocycles. The van der Waals surface area contributed by atoms with Gasteiger partial charge in [-0.1, -0.05) is 38.1 Å². The van der Waals surface area contributed by atoms with Crippen molar-refractivity contribution in [1.82, 2.24) is 0 Å². The lowest BCUT2D eigenvalue weighted by atomic mass is 9.90. The fourth-order valence-corrected chi connectivity index (χ4v) is 3.80. The van der Waals surface area contributed by atoms with Crippen molar-refractivity contribution in [3.63, 3.8) is 0 Å². The average Bonchev–Trinajstić information content (AvgIpc) is 2.93. The highest BCUT2D eigenvalue weighted by molar-refractivity contribution is 5.85. The van der Waals surface area contributed by atoms with E-state index in [1.165, 1.54) is 23.0 Å². The van der Waals surface area contributed by atoms with Gasteiger partial charge in [-0.25, -0.2) is 4.79 Å². The molecule has 3 rings (SSSR count). The van der Waals surface area contributed by atoms with E-state index in [4.69, 9.17) is 5.11 Å². The van der Waals surface area contributed by atoms with Crippen LogP contribution in [-0.4, -0.2) is 17.1 Å². The number of carboxylic acids is 1. The van der Waals surface area contributed by atoms with Crippen molar-refractivity contribution in [2.24, 2.45) is 0 Å². The second kappa shape index (κ2) is 6.91. The largest absolute Gasteiger partial charge is 0.478 e. The van der Waals surface area contributed by atoms with Crippen LogP contribution in [0.5, 0.6) is 0 Å². The van der Waals surface area contributed by atoms with Crippen molar-refractivity contribution in [3.05, 3.63) is 65.7 Å². The van der Waals surface area contributed by atoms with Crippen LogP contribution < -0.4 is 4.90 Å². The van der Waals surface area contributed by atoms with Gasteiger partial charge in [0.1, 0.15) is 0 Å². The monoisotopic (exact) mass is 321 g/mol. The van der Waals surface area contributed by atoms with Crippen molar-refractivity contribution in [3.8, 4) is 0 Å². The van der Waals surface area contributed by atoms with Crippen LogP contribution in [0.2, 0.25) is 0 Å². The number of benzene rings is 2. The predicted octanol–water partition coefficient (Wildman–Crippen LogP) is 5.21. The van der Waals surface area contributed by atoms with Gasteiger partial charge in [-0.3, -0.25) is 0 Å². The number of fused-ring (bicyclic) bond motifs is 1. The third-order valence-corrected chi connectivity index (χ3v) is 4.82. The summed E-state index contributed by atoms with van der Waals surface area (Å²) in [6.45, 7) is 4.46. The zero-order valence-corrected chi connectivity index (χ0v) is 14.1. The van der Waals surface area contributed by atoms with Gasteiger partial charge < -0.3 is 10.0 Å². The van der Waals surface area contributed by atoms with Crippen molar-refractivity contribution >= 4 is 23.4 Å². The minimum absolute atomic E-state index is 0.436. The van der Waals surface area contributed by atoms with E-state index >= 15 is 0 Å². The van der Waals surface area contributed by atoms with E-state index in [0.29, 0.717) is 12.0 Å². The maximum atomic E-state index is 10.8. The fourth-order valence-electron chi connectivity index (χ4n) is 3.80. The molecule has 1 aliphatic rings. The summed E-state index contributed by atoms with van der Waals surface area (Å²) < 4.78 is 0. The number of carboxylic acid groups (broad SMARTS) is 1. The molecule has 2 atom stereocenters. The van der Waals surface area contributed by atoms with Gasteiger partial charge >= 0.3 is 5.97 Å². The minimum Gasteiger partial charge on any atom is -0.478 e. The molecule has 0 amide bonds. The van der Waals surface area contributed by atoms with Gasteiger partial charge in [-0.05, 0) is 54.3 Å². The first kappa shape index (κ1) is 16.3. The molecule has 24 heavy (non-hydrogen) atoms. The van der Waals surface area contributed by atoms with Crippen LogP contribution in [0, 0.1) is 0 Å². The fraction of sp³-hybridized carbons (Fsp3) is 0.286. The topological polar surface area (TPSA) is 40.5 Å². The van der Waals surface area contributed by atoms with Gasteiger partial charge in [-0.2, -0.15) is 0 Å². The number of hydrogen-bond donors (Lipinski definition) is 1. The molecular weight excluding hydrogens is 298 g/mol. The Bertz CT molecular complexity index is 752. The summed E-state index contributed by atoms with van der Waals surface area (Å²) in [5.74, 6) is -0.455. The quantitative estimate of drug-likeness (QED) is 0.769. The Morgan fingerprint density at radius 3 is 2.50 bits per heavy atom. The Labute approximate surface area is 143 Å². The van der Waals surface area contributed by atoms with E-state index < -0.39 is 5.97 Å². The highest BCUT2D eigenvalue weighted by Crippen LogP contribution is 2.48. The molecule has 3 heteroatoms. The third-order valence-electron chi connectivity index (χ3n) is 4.82. The molecule has 2 aromatic carbocycles. The van der Waals surface area contributed by atoms with Crippen LogP contribution in [0.1, 0.15) is 43.7 Å². The highest BCUT2D eigenvalue weighted by Gasteiger charge is 2.36. The maximum Gasteiger partial charge on any atom is 0.328 e. The molecule has 0 radical (unpaired) electrons. The lowest BCUT2D eigenvalue weighted by molar-refractivity contribution is -0.131. The van der Waals surface area contributed by atoms with E-state index in [1.54, 1.807) is 6.08 Å². The summed E-state index contributed by atoms with van der Waals surface area (Å²) in [5, 5.41) is 8.84. The number of hydrogen-bond acceptors (Lipinski definition) is 2. The summed E-state index contributed by atoms with van der Waals surface area (Å²) in [6.07, 6.45) is 5.01. The predicted molar refractivity (Wildman–Crippen MR) is 98.8 cm³/mol. The Kier molecular flexibility index (Phi) is 4.70. The Hall–Kier alpha value is -2.55. The molecule has 2 unspecified atom stereocenters. The van der Waals surface area contributed by atoms with E-state index in [-0.39, 0.29) is 0 Å². The lowest BCUT2D eigenvalue weighted by Crippen LogP contribution is -2.29. The number of para-hydroxylation sites is 1. The third kappa shape index (κ3) is 2.94. The van der Waals surface area contributed by atoms with Crippen molar-refractivity contribution in [2.75, 3.05) is 4.90 Å². The summed E-state index contributed by atoms with van der Waals surface area (Å²) in [5.41, 5.74) is 4.72. The standard InChI is InChI=1S/C21H23NO2/c1-3-17-18-14-15(11-13-21(23)24)10-12-20(18)22(19(17)4-2)16-8-6-5-7-9-16/h5-14,17,19H,3-4H2,1-2H3,(H,23,24)/b13-11+. The molecule has 0 saturated heterocycles. The molecule has 1 heterocycles. The highest BCUT2D eigenvalue weighted by atomic mass is 16.4. The Morgan fingerprint density at radius 2 is 1.88 bits per heavy atom. The molecule has 0 spiro atoms. The Balaban J connectivity index is 2.07. The molecule has 1 N–H and O–H groups in total. The van der Waals surface area contributed by atoms with E-state index in [9.17, 15) is 4.79 Å². The summed E-state index contributed by atoms with van der Waals surface area (Å²) in [7, 11) is 0. The first-order chi connectivity index (χ1) is 11.7. The molecule has 124 valence electrons. The molecule has 0 fully saturated rings. The minimum atomic E-state index is -0.917. The summed E-state index contributed by atoms with van der Waals surface area (Å²) >= 11 is 0. The molecule has 1 aliphatic heterocycles. The summed E-state index contributed by atoms with van der Waals surface area (Å²) in [4.78, 5) is 13.2. The van der Waals surface area contributed by atoms with Gasteiger partial charge in [0, 0.05) is 29.4 Å². The van der Waals surface area contributed by atoms with E-state index in [2.05, 4.69) is 55.1 Å². The molecular formula is C21H23NO2. The van der Waals surface area contributed by atoms with Gasteiger partial charge in [0.2, 0.25) is 0 Å². The smallest absolute Gasteiger partial charge is 0.328 e. The summed E-state index contributed by atoms with van der Waals surface area (Å²) in [6, 6.07) is 17.2.